The molecule has 3 aromatic carbocycles. The molecule has 0 unspecified atom stereocenters. The van der Waals surface area contributed by atoms with Crippen LogP contribution in [-0.2, 0) is 0 Å². The second-order valence-corrected chi connectivity index (χ2v) is 9.22. The Morgan fingerprint density at radius 2 is 0.696 bits per heavy atom. The Hall–Kier alpha value is -1.85. The van der Waals surface area contributed by atoms with Crippen LogP contribution in [0.25, 0.3) is 0 Å². The number of aryl methyl sites for hydroxylation is 3. The van der Waals surface area contributed by atoms with E-state index in [1.807, 2.05) is 0 Å². The first-order valence-electron chi connectivity index (χ1n) is 7.89. The zero-order chi connectivity index (χ0) is 16.4. The summed E-state index contributed by atoms with van der Waals surface area (Å²) < 4.78 is 0. The molecule has 0 aliphatic heterocycles. The first-order chi connectivity index (χ1) is 11.0. The van der Waals surface area contributed by atoms with E-state index < -0.39 is 6.75 Å². The molecule has 0 spiro atoms. The van der Waals surface area contributed by atoms with E-state index in [2.05, 4.69) is 93.6 Å². The van der Waals surface area contributed by atoms with Crippen molar-refractivity contribution in [2.75, 3.05) is 0 Å². The number of rotatable bonds is 3. The Kier molecular flexibility index (Phi) is 4.42. The average Bonchev–Trinajstić information content (AvgIpc) is 2.56. The van der Waals surface area contributed by atoms with E-state index in [4.69, 9.17) is 7.18 Å². The van der Waals surface area contributed by atoms with Crippen molar-refractivity contribution in [3.05, 3.63) is 89.5 Å². The predicted molar refractivity (Wildman–Crippen MR) is 105 cm³/mol. The van der Waals surface area contributed by atoms with E-state index in [-0.39, 0.29) is 0 Å². The quantitative estimate of drug-likeness (QED) is 0.506. The van der Waals surface area contributed by atoms with Crippen molar-refractivity contribution in [3.63, 3.8) is 0 Å². The Bertz CT molecular complexity index is 726. The monoisotopic (exact) mass is 315 g/mol. The molecule has 0 saturated carbocycles. The number of hydrogen-bond acceptors (Lipinski definition) is 0. The summed E-state index contributed by atoms with van der Waals surface area (Å²) in [5, 5.41) is 3.66. The molecule has 0 bridgehead atoms. The summed E-state index contributed by atoms with van der Waals surface area (Å²) in [6.07, 6.45) is 0. The second kappa shape index (κ2) is 6.34. The molecule has 0 fully saturated rings. The van der Waals surface area contributed by atoms with Crippen LogP contribution in [0.2, 0.25) is 0 Å². The van der Waals surface area contributed by atoms with Gasteiger partial charge < -0.3 is 0 Å². The van der Waals surface area contributed by atoms with E-state index in [1.165, 1.54) is 32.6 Å². The van der Waals surface area contributed by atoms with E-state index >= 15 is 0 Å². The van der Waals surface area contributed by atoms with Gasteiger partial charge in [0, 0.05) is 0 Å². The molecule has 0 aromatic heterocycles. The summed E-state index contributed by atoms with van der Waals surface area (Å²) in [5.41, 5.74) is 3.77. The first-order valence-corrected chi connectivity index (χ1v) is 9.75. The molecule has 0 nitrogen and oxygen atoms in total. The molecule has 23 heavy (non-hydrogen) atoms. The van der Waals surface area contributed by atoms with Crippen molar-refractivity contribution in [1.29, 1.82) is 0 Å². The van der Waals surface area contributed by atoms with Gasteiger partial charge in [-0.25, -0.2) is 0 Å². The molecule has 2 heteroatoms. The van der Waals surface area contributed by atoms with Crippen LogP contribution >= 0.6 is 6.75 Å². The van der Waals surface area contributed by atoms with Gasteiger partial charge in [0.25, 0.3) is 0 Å². The molecule has 0 aliphatic carbocycles. The molecule has 1 radical (unpaired) electrons. The van der Waals surface area contributed by atoms with Crippen molar-refractivity contribution in [3.8, 4) is 0 Å². The molecule has 0 saturated heterocycles. The summed E-state index contributed by atoms with van der Waals surface area (Å²) >= 11 is 0. The van der Waals surface area contributed by atoms with Crippen LogP contribution in [-0.4, -0.2) is 7.18 Å². The summed E-state index contributed by atoms with van der Waals surface area (Å²) in [5.74, 6) is 0. The summed E-state index contributed by atoms with van der Waals surface area (Å²) in [7, 11) is 7.12. The molecule has 0 amide bonds. The van der Waals surface area contributed by atoms with Gasteiger partial charge >= 0.3 is 140 Å². The van der Waals surface area contributed by atoms with Gasteiger partial charge in [-0.2, -0.15) is 0 Å². The Morgan fingerprint density at radius 3 is 0.913 bits per heavy atom. The fourth-order valence-electron chi connectivity index (χ4n) is 2.79. The third-order valence-electron chi connectivity index (χ3n) is 4.32. The van der Waals surface area contributed by atoms with E-state index in [0.717, 1.165) is 0 Å². The van der Waals surface area contributed by atoms with Gasteiger partial charge in [0.05, 0.1) is 0 Å². The molecule has 0 heterocycles. The van der Waals surface area contributed by atoms with Crippen molar-refractivity contribution >= 4 is 29.9 Å². The Morgan fingerprint density at radius 1 is 0.478 bits per heavy atom. The van der Waals surface area contributed by atoms with Crippen LogP contribution < -0.4 is 15.9 Å². The van der Waals surface area contributed by atoms with Crippen LogP contribution in [0.15, 0.2) is 72.8 Å². The maximum atomic E-state index is 7.12. The molecular formula is C21H21BP. The standard InChI is InChI=1S/C21H21BP/c1-16-4-10-19(11-5-16)23(22,20-12-6-17(2)7-13-20)21-14-8-18(3)9-15-21/h4-15H,1-3H3. The van der Waals surface area contributed by atoms with Gasteiger partial charge in [-0.05, 0) is 0 Å². The molecule has 0 atom stereocenters. The third kappa shape index (κ3) is 3.12. The minimum atomic E-state index is -2.09. The van der Waals surface area contributed by atoms with Gasteiger partial charge in [-0.15, -0.1) is 0 Å². The third-order valence-corrected chi connectivity index (χ3v) is 7.66. The second-order valence-electron chi connectivity index (χ2n) is 6.23. The average molecular weight is 315 g/mol. The van der Waals surface area contributed by atoms with Gasteiger partial charge in [0.1, 0.15) is 0 Å². The van der Waals surface area contributed by atoms with Gasteiger partial charge in [-0.3, -0.25) is 0 Å². The van der Waals surface area contributed by atoms with Gasteiger partial charge in [-0.1, -0.05) is 0 Å². The molecule has 0 N–H and O–H groups in total. The fourth-order valence-corrected chi connectivity index (χ4v) is 5.54. The van der Waals surface area contributed by atoms with E-state index in [0.29, 0.717) is 0 Å². The fraction of sp³-hybridized carbons (Fsp3) is 0.143. The van der Waals surface area contributed by atoms with Crippen molar-refractivity contribution in [1.82, 2.24) is 0 Å². The van der Waals surface area contributed by atoms with Crippen LogP contribution in [0, 0.1) is 20.8 Å². The van der Waals surface area contributed by atoms with Crippen LogP contribution in [0.5, 0.6) is 0 Å². The molecule has 113 valence electrons. The Labute approximate surface area is 140 Å². The molecular weight excluding hydrogens is 294 g/mol. The normalized spacial score (nSPS) is 11.4. The predicted octanol–water partition coefficient (Wildman–Crippen LogP) is 3.99. The minimum absolute atomic E-state index is 1.22. The Balaban J connectivity index is 2.24. The SMILES string of the molecule is [B]=P(c1ccc(C)cc1)(c1ccc(C)cc1)c1ccc(C)cc1. The summed E-state index contributed by atoms with van der Waals surface area (Å²) in [6.45, 7) is 4.24. The van der Waals surface area contributed by atoms with Crippen LogP contribution in [0.1, 0.15) is 16.7 Å². The number of benzene rings is 3. The summed E-state index contributed by atoms with van der Waals surface area (Å²) in [4.78, 5) is 0. The maximum absolute atomic E-state index is 7.12. The van der Waals surface area contributed by atoms with Crippen molar-refractivity contribution < 1.29 is 0 Å². The molecule has 3 rings (SSSR count). The van der Waals surface area contributed by atoms with Crippen molar-refractivity contribution in [2.45, 2.75) is 20.8 Å². The van der Waals surface area contributed by atoms with Crippen LogP contribution in [0.4, 0.5) is 0 Å². The summed E-state index contributed by atoms with van der Waals surface area (Å²) in [6, 6.07) is 26.0. The van der Waals surface area contributed by atoms with Gasteiger partial charge in [0.15, 0.2) is 0 Å². The zero-order valence-corrected chi connectivity index (χ0v) is 14.8. The van der Waals surface area contributed by atoms with E-state index in [1.54, 1.807) is 0 Å². The molecule has 0 aliphatic rings. The topological polar surface area (TPSA) is 0 Å². The number of hydrogen-bond donors (Lipinski definition) is 0. The van der Waals surface area contributed by atoms with Crippen molar-refractivity contribution in [2.24, 2.45) is 0 Å². The first kappa shape index (κ1) is 16.0. The zero-order valence-electron chi connectivity index (χ0n) is 14.0. The van der Waals surface area contributed by atoms with Gasteiger partial charge in [0.2, 0.25) is 0 Å². The molecule has 3 aromatic rings. The van der Waals surface area contributed by atoms with Crippen LogP contribution in [0.3, 0.4) is 0 Å². The van der Waals surface area contributed by atoms with E-state index in [9.17, 15) is 0 Å².